The molecule has 1 heterocycles. The molecule has 1 aromatic rings. The van der Waals surface area contributed by atoms with Crippen LogP contribution in [-0.4, -0.2) is 57.3 Å². The number of aryl methyl sites for hydroxylation is 1. The molecule has 5 rings (SSSR count). The highest BCUT2D eigenvalue weighted by Crippen LogP contribution is 2.73. The summed E-state index contributed by atoms with van der Waals surface area (Å²) in [6.45, 7) is 8.64. The highest BCUT2D eigenvalue weighted by atomic mass is 32.2. The Balaban J connectivity index is 1.41. The van der Waals surface area contributed by atoms with E-state index in [4.69, 9.17) is 18.4 Å². The number of aliphatic hydroxyl groups is 1. The van der Waals surface area contributed by atoms with E-state index in [0.29, 0.717) is 26.1 Å². The van der Waals surface area contributed by atoms with E-state index in [1.54, 1.807) is 12.1 Å². The Kier molecular flexibility index (Phi) is 7.01. The minimum Gasteiger partial charge on any atom is -0.460 e. The highest BCUT2D eigenvalue weighted by molar-refractivity contribution is 7.86. The molecule has 4 aliphatic rings. The molecular formula is C28H40O8S. The predicted molar refractivity (Wildman–Crippen MR) is 135 cm³/mol. The van der Waals surface area contributed by atoms with Crippen LogP contribution in [0, 0.1) is 35.5 Å². The fraction of sp³-hybridized carbons (Fsp3) is 0.750. The number of carbonyl (C=O) groups excluding carboxylic acids is 1. The van der Waals surface area contributed by atoms with Crippen LogP contribution in [0.5, 0.6) is 0 Å². The molecular weight excluding hydrogens is 496 g/mol. The average molecular weight is 537 g/mol. The van der Waals surface area contributed by atoms with Crippen molar-refractivity contribution in [1.29, 1.82) is 0 Å². The van der Waals surface area contributed by atoms with Crippen LogP contribution in [0.1, 0.15) is 64.9 Å². The van der Waals surface area contributed by atoms with Gasteiger partial charge in [0.25, 0.3) is 10.1 Å². The molecule has 3 aliphatic carbocycles. The van der Waals surface area contributed by atoms with E-state index in [1.165, 1.54) is 12.1 Å². The first-order valence-electron chi connectivity index (χ1n) is 13.6. The maximum Gasteiger partial charge on any atom is 0.333 e. The number of rotatable bonds is 6. The van der Waals surface area contributed by atoms with Crippen LogP contribution in [0.4, 0.5) is 0 Å². The van der Waals surface area contributed by atoms with Crippen LogP contribution < -0.4 is 0 Å². The average Bonchev–Trinajstić information content (AvgIpc) is 3.50. The Morgan fingerprint density at radius 2 is 1.81 bits per heavy atom. The maximum atomic E-state index is 13.1. The monoisotopic (exact) mass is 536 g/mol. The number of hydrogen-bond donors (Lipinski definition) is 1. The van der Waals surface area contributed by atoms with E-state index < -0.39 is 46.1 Å². The van der Waals surface area contributed by atoms with Gasteiger partial charge in [0.15, 0.2) is 12.4 Å². The fourth-order valence-corrected chi connectivity index (χ4v) is 9.07. The first-order chi connectivity index (χ1) is 17.5. The predicted octanol–water partition coefficient (Wildman–Crippen LogP) is 3.98. The molecule has 1 saturated heterocycles. The molecule has 37 heavy (non-hydrogen) atoms. The Hall–Kier alpha value is -1.52. The molecule has 4 fully saturated rings. The Bertz CT molecular complexity index is 1110. The van der Waals surface area contributed by atoms with Crippen molar-refractivity contribution >= 4 is 16.1 Å². The molecule has 2 bridgehead atoms. The van der Waals surface area contributed by atoms with Crippen LogP contribution >= 0.6 is 0 Å². The van der Waals surface area contributed by atoms with Gasteiger partial charge < -0.3 is 19.3 Å². The number of esters is 1. The number of ether oxygens (including phenoxy) is 3. The maximum absolute atomic E-state index is 13.1. The lowest BCUT2D eigenvalue weighted by atomic mass is 9.60. The Labute approximate surface area is 220 Å². The van der Waals surface area contributed by atoms with Crippen molar-refractivity contribution in [2.45, 2.75) is 89.1 Å². The van der Waals surface area contributed by atoms with Gasteiger partial charge in [-0.25, -0.2) is 4.79 Å². The van der Waals surface area contributed by atoms with Gasteiger partial charge in [0.1, 0.15) is 6.10 Å². The SMILES string of the molecule is CC[C@H]1C[C@H](OC(=O)COS(=O)(=O)c2ccc(C)cc2)[C@]2(C)[C@H](C)C[C@]3(CCC4(OCCO4)[C@H]32)C[C@@H]1O. The van der Waals surface area contributed by atoms with E-state index in [-0.39, 0.29) is 28.1 Å². The quantitative estimate of drug-likeness (QED) is 0.430. The second-order valence-electron chi connectivity index (χ2n) is 12.0. The molecule has 1 aliphatic heterocycles. The number of aliphatic hydroxyl groups excluding tert-OH is 1. The third kappa shape index (κ3) is 4.44. The number of carbonyl (C=O) groups is 1. The molecule has 1 N–H and O–H groups in total. The molecule has 3 saturated carbocycles. The van der Waals surface area contributed by atoms with Gasteiger partial charge in [-0.15, -0.1) is 0 Å². The van der Waals surface area contributed by atoms with Crippen LogP contribution in [-0.2, 0) is 33.3 Å². The second-order valence-corrected chi connectivity index (χ2v) is 13.6. The lowest BCUT2D eigenvalue weighted by Crippen LogP contribution is -2.55. The van der Waals surface area contributed by atoms with Crippen molar-refractivity contribution in [2.75, 3.05) is 19.8 Å². The molecule has 0 amide bonds. The van der Waals surface area contributed by atoms with Crippen molar-refractivity contribution in [3.05, 3.63) is 29.8 Å². The smallest absolute Gasteiger partial charge is 0.333 e. The molecule has 9 heteroatoms. The summed E-state index contributed by atoms with van der Waals surface area (Å²) in [5, 5.41) is 11.3. The fourth-order valence-electron chi connectivity index (χ4n) is 8.21. The third-order valence-corrected chi connectivity index (χ3v) is 11.3. The van der Waals surface area contributed by atoms with Crippen molar-refractivity contribution < 1.29 is 36.7 Å². The van der Waals surface area contributed by atoms with Gasteiger partial charge in [-0.05, 0) is 62.0 Å². The van der Waals surface area contributed by atoms with Gasteiger partial charge in [-0.1, -0.05) is 44.9 Å². The van der Waals surface area contributed by atoms with E-state index in [2.05, 4.69) is 13.8 Å². The summed E-state index contributed by atoms with van der Waals surface area (Å²) in [5.41, 5.74) is 0.312. The molecule has 7 atom stereocenters. The van der Waals surface area contributed by atoms with Gasteiger partial charge in [0.2, 0.25) is 0 Å². The first kappa shape index (κ1) is 27.1. The normalized spacial score (nSPS) is 38.8. The first-order valence-corrected chi connectivity index (χ1v) is 15.0. The third-order valence-electron chi connectivity index (χ3n) is 10.0. The van der Waals surface area contributed by atoms with E-state index >= 15 is 0 Å². The Morgan fingerprint density at radius 3 is 2.46 bits per heavy atom. The lowest BCUT2D eigenvalue weighted by Gasteiger charge is -2.51. The molecule has 0 radical (unpaired) electrons. The lowest BCUT2D eigenvalue weighted by molar-refractivity contribution is -0.240. The van der Waals surface area contributed by atoms with Gasteiger partial charge in [-0.3, -0.25) is 4.18 Å². The summed E-state index contributed by atoms with van der Waals surface area (Å²) in [6.07, 6.45) is 3.49. The van der Waals surface area contributed by atoms with E-state index in [9.17, 15) is 18.3 Å². The van der Waals surface area contributed by atoms with Crippen molar-refractivity contribution in [3.63, 3.8) is 0 Å². The minimum atomic E-state index is -4.10. The molecule has 1 aromatic carbocycles. The molecule has 0 aromatic heterocycles. The zero-order chi connectivity index (χ0) is 26.6. The molecule has 1 spiro atoms. The summed E-state index contributed by atoms with van der Waals surface area (Å²) < 4.78 is 49.1. The van der Waals surface area contributed by atoms with Gasteiger partial charge in [0, 0.05) is 17.8 Å². The summed E-state index contributed by atoms with van der Waals surface area (Å²) in [5.74, 6) is -1.32. The summed E-state index contributed by atoms with van der Waals surface area (Å²) in [4.78, 5) is 13.1. The van der Waals surface area contributed by atoms with Crippen molar-refractivity contribution in [1.82, 2.24) is 0 Å². The summed E-state index contributed by atoms with van der Waals surface area (Å²) in [7, 11) is -4.10. The van der Waals surface area contributed by atoms with Crippen molar-refractivity contribution in [3.8, 4) is 0 Å². The van der Waals surface area contributed by atoms with E-state index in [0.717, 1.165) is 31.2 Å². The van der Waals surface area contributed by atoms with Crippen LogP contribution in [0.25, 0.3) is 0 Å². The Morgan fingerprint density at radius 1 is 1.14 bits per heavy atom. The zero-order valence-corrected chi connectivity index (χ0v) is 23.1. The number of benzene rings is 1. The van der Waals surface area contributed by atoms with Gasteiger partial charge >= 0.3 is 5.97 Å². The largest absolute Gasteiger partial charge is 0.460 e. The minimum absolute atomic E-state index is 0.00406. The molecule has 206 valence electrons. The zero-order valence-electron chi connectivity index (χ0n) is 22.3. The van der Waals surface area contributed by atoms with Gasteiger partial charge in [0.05, 0.1) is 24.2 Å². The molecule has 8 nitrogen and oxygen atoms in total. The van der Waals surface area contributed by atoms with E-state index in [1.807, 2.05) is 13.8 Å². The topological polar surface area (TPSA) is 108 Å². The van der Waals surface area contributed by atoms with Crippen LogP contribution in [0.3, 0.4) is 0 Å². The standard InChI is InChI=1S/C28H40O8S/c1-5-20-14-23(36-24(30)17-35-37(31,32)21-8-6-18(2)7-9-21)26(4)19(3)15-27(16-22(20)29)10-11-28(25(26)27)33-12-13-34-28/h6-9,19-20,22-23,25,29H,5,10-17H2,1-4H3/t19-,20+,22+,23+,25+,26+,27-/m1/s1. The van der Waals surface area contributed by atoms with Crippen LogP contribution in [0.2, 0.25) is 0 Å². The van der Waals surface area contributed by atoms with Crippen molar-refractivity contribution in [2.24, 2.45) is 28.6 Å². The van der Waals surface area contributed by atoms with Crippen LogP contribution in [0.15, 0.2) is 29.2 Å². The number of hydrogen-bond acceptors (Lipinski definition) is 8. The highest BCUT2D eigenvalue weighted by Gasteiger charge is 2.74. The summed E-state index contributed by atoms with van der Waals surface area (Å²) >= 11 is 0. The van der Waals surface area contributed by atoms with Gasteiger partial charge in [-0.2, -0.15) is 8.42 Å². The second kappa shape index (κ2) is 9.59. The molecule has 0 unspecified atom stereocenters. The summed E-state index contributed by atoms with van der Waals surface area (Å²) in [6, 6.07) is 6.27.